The summed E-state index contributed by atoms with van der Waals surface area (Å²) >= 11 is 5.91. The lowest BCUT2D eigenvalue weighted by Gasteiger charge is -2.12. The first kappa shape index (κ1) is 9.94. The smallest absolute Gasteiger partial charge is 0.124 e. The van der Waals surface area contributed by atoms with E-state index < -0.39 is 0 Å². The van der Waals surface area contributed by atoms with Gasteiger partial charge in [-0.2, -0.15) is 0 Å². The second kappa shape index (κ2) is 3.87. The van der Waals surface area contributed by atoms with Crippen LogP contribution in [-0.2, 0) is 0 Å². The Morgan fingerprint density at radius 1 is 1.50 bits per heavy atom. The monoisotopic (exact) mass is 213 g/mol. The van der Waals surface area contributed by atoms with E-state index in [1.807, 2.05) is 0 Å². The number of nitrogens with two attached hydrogens (primary N) is 1. The van der Waals surface area contributed by atoms with Gasteiger partial charge in [0, 0.05) is 11.1 Å². The van der Waals surface area contributed by atoms with Gasteiger partial charge in [0.05, 0.1) is 0 Å². The Morgan fingerprint density at radius 2 is 2.21 bits per heavy atom. The van der Waals surface area contributed by atoms with Crippen LogP contribution in [0.5, 0.6) is 0 Å². The van der Waals surface area contributed by atoms with E-state index in [4.69, 9.17) is 17.3 Å². The minimum atomic E-state index is -0.308. The van der Waals surface area contributed by atoms with Crippen LogP contribution in [0, 0.1) is 11.7 Å². The molecule has 0 saturated heterocycles. The van der Waals surface area contributed by atoms with Crippen molar-refractivity contribution in [2.45, 2.75) is 25.3 Å². The molecule has 1 saturated carbocycles. The minimum absolute atomic E-state index is 0.0457. The number of hydrogen-bond donors (Lipinski definition) is 1. The summed E-state index contributed by atoms with van der Waals surface area (Å²) in [5.41, 5.74) is 6.84. The van der Waals surface area contributed by atoms with Gasteiger partial charge in [-0.15, -0.1) is 0 Å². The standard InChI is InChI=1S/C11H13ClFN/c12-10-6-8(13)3-4-9(10)11(14)5-7-1-2-7/h3-4,6-7,11H,1-2,5,14H2/t11-/m1/s1. The van der Waals surface area contributed by atoms with Crippen LogP contribution in [0.15, 0.2) is 18.2 Å². The quantitative estimate of drug-likeness (QED) is 0.820. The van der Waals surface area contributed by atoms with Gasteiger partial charge in [0.25, 0.3) is 0 Å². The van der Waals surface area contributed by atoms with Crippen molar-refractivity contribution in [2.75, 3.05) is 0 Å². The van der Waals surface area contributed by atoms with Crippen molar-refractivity contribution >= 4 is 11.6 Å². The van der Waals surface area contributed by atoms with Gasteiger partial charge in [-0.25, -0.2) is 4.39 Å². The number of halogens is 2. The maximum atomic E-state index is 12.8. The van der Waals surface area contributed by atoms with Crippen LogP contribution >= 0.6 is 11.6 Å². The summed E-state index contributed by atoms with van der Waals surface area (Å²) in [6.45, 7) is 0. The maximum Gasteiger partial charge on any atom is 0.124 e. The predicted molar refractivity (Wildman–Crippen MR) is 55.7 cm³/mol. The Bertz CT molecular complexity index is 336. The zero-order valence-corrected chi connectivity index (χ0v) is 8.60. The SMILES string of the molecule is N[C@H](CC1CC1)c1ccc(F)cc1Cl. The van der Waals surface area contributed by atoms with Gasteiger partial charge in [0.15, 0.2) is 0 Å². The topological polar surface area (TPSA) is 26.0 Å². The molecular formula is C11H13ClFN. The van der Waals surface area contributed by atoms with Crippen LogP contribution in [0.1, 0.15) is 30.9 Å². The molecule has 0 unspecified atom stereocenters. The zero-order valence-electron chi connectivity index (χ0n) is 7.84. The lowest BCUT2D eigenvalue weighted by atomic mass is 10.0. The Kier molecular flexibility index (Phi) is 2.75. The molecule has 0 bridgehead atoms. The van der Waals surface area contributed by atoms with Crippen molar-refractivity contribution < 1.29 is 4.39 Å². The van der Waals surface area contributed by atoms with E-state index in [-0.39, 0.29) is 11.9 Å². The largest absolute Gasteiger partial charge is 0.324 e. The second-order valence-corrected chi connectivity index (χ2v) is 4.36. The average molecular weight is 214 g/mol. The third-order valence-corrected chi connectivity index (χ3v) is 2.97. The van der Waals surface area contributed by atoms with E-state index in [0.29, 0.717) is 5.02 Å². The van der Waals surface area contributed by atoms with Crippen LogP contribution in [0.2, 0.25) is 5.02 Å². The minimum Gasteiger partial charge on any atom is -0.324 e. The van der Waals surface area contributed by atoms with E-state index in [1.54, 1.807) is 6.07 Å². The van der Waals surface area contributed by atoms with Crippen molar-refractivity contribution in [1.82, 2.24) is 0 Å². The van der Waals surface area contributed by atoms with Crippen LogP contribution in [0.3, 0.4) is 0 Å². The fourth-order valence-corrected chi connectivity index (χ4v) is 1.95. The first-order valence-electron chi connectivity index (χ1n) is 4.87. The lowest BCUT2D eigenvalue weighted by molar-refractivity contribution is 0.591. The van der Waals surface area contributed by atoms with Crippen LogP contribution in [0.4, 0.5) is 4.39 Å². The highest BCUT2D eigenvalue weighted by molar-refractivity contribution is 6.31. The summed E-state index contributed by atoms with van der Waals surface area (Å²) in [5, 5.41) is 0.443. The number of hydrogen-bond acceptors (Lipinski definition) is 1. The van der Waals surface area contributed by atoms with E-state index >= 15 is 0 Å². The van der Waals surface area contributed by atoms with Gasteiger partial charge in [-0.1, -0.05) is 30.5 Å². The number of benzene rings is 1. The van der Waals surface area contributed by atoms with Gasteiger partial charge >= 0.3 is 0 Å². The Morgan fingerprint density at radius 3 is 2.79 bits per heavy atom. The molecule has 2 N–H and O–H groups in total. The fraction of sp³-hybridized carbons (Fsp3) is 0.455. The Labute approximate surface area is 88.1 Å². The summed E-state index contributed by atoms with van der Waals surface area (Å²) in [6.07, 6.45) is 3.50. The molecule has 0 spiro atoms. The predicted octanol–water partition coefficient (Wildman–Crippen LogP) is 3.28. The molecule has 1 atom stereocenters. The van der Waals surface area contributed by atoms with Gasteiger partial charge in [-0.05, 0) is 30.0 Å². The van der Waals surface area contributed by atoms with E-state index in [0.717, 1.165) is 17.9 Å². The second-order valence-electron chi connectivity index (χ2n) is 3.95. The molecule has 0 amide bonds. The molecule has 1 aliphatic rings. The van der Waals surface area contributed by atoms with Crippen LogP contribution in [0.25, 0.3) is 0 Å². The maximum absolute atomic E-state index is 12.8. The van der Waals surface area contributed by atoms with Crippen LogP contribution in [-0.4, -0.2) is 0 Å². The molecule has 1 aromatic rings. The average Bonchev–Trinajstić information content (AvgIpc) is 2.87. The normalized spacial score (nSPS) is 18.2. The highest BCUT2D eigenvalue weighted by atomic mass is 35.5. The van der Waals surface area contributed by atoms with Gasteiger partial charge in [-0.3, -0.25) is 0 Å². The lowest BCUT2D eigenvalue weighted by Crippen LogP contribution is -2.11. The summed E-state index contributed by atoms with van der Waals surface area (Å²) in [6, 6.07) is 4.37. The first-order valence-corrected chi connectivity index (χ1v) is 5.25. The van der Waals surface area contributed by atoms with Crippen molar-refractivity contribution in [1.29, 1.82) is 0 Å². The molecule has 0 aliphatic heterocycles. The van der Waals surface area contributed by atoms with Gasteiger partial charge in [0.1, 0.15) is 5.82 Å². The molecule has 0 heterocycles. The van der Waals surface area contributed by atoms with Gasteiger partial charge < -0.3 is 5.73 Å². The molecule has 1 nitrogen and oxygen atoms in total. The highest BCUT2D eigenvalue weighted by Gasteiger charge is 2.25. The van der Waals surface area contributed by atoms with Crippen molar-refractivity contribution in [3.63, 3.8) is 0 Å². The van der Waals surface area contributed by atoms with E-state index in [2.05, 4.69) is 0 Å². The molecule has 76 valence electrons. The summed E-state index contributed by atoms with van der Waals surface area (Å²) in [7, 11) is 0. The Balaban J connectivity index is 2.13. The third kappa shape index (κ3) is 2.25. The van der Waals surface area contributed by atoms with E-state index in [9.17, 15) is 4.39 Å². The molecule has 0 radical (unpaired) electrons. The van der Waals surface area contributed by atoms with Crippen molar-refractivity contribution in [2.24, 2.45) is 11.7 Å². The fourth-order valence-electron chi connectivity index (χ4n) is 1.64. The van der Waals surface area contributed by atoms with E-state index in [1.165, 1.54) is 25.0 Å². The zero-order chi connectivity index (χ0) is 10.1. The molecule has 1 aromatic carbocycles. The molecule has 2 rings (SSSR count). The molecule has 0 aromatic heterocycles. The summed E-state index contributed by atoms with van der Waals surface area (Å²) < 4.78 is 12.8. The molecule has 3 heteroatoms. The highest BCUT2D eigenvalue weighted by Crippen LogP contribution is 2.38. The summed E-state index contributed by atoms with van der Waals surface area (Å²) in [5.74, 6) is 0.448. The van der Waals surface area contributed by atoms with Crippen LogP contribution < -0.4 is 5.73 Å². The number of rotatable bonds is 3. The molecular weight excluding hydrogens is 201 g/mol. The third-order valence-electron chi connectivity index (χ3n) is 2.65. The summed E-state index contributed by atoms with van der Waals surface area (Å²) in [4.78, 5) is 0. The molecule has 1 fully saturated rings. The first-order chi connectivity index (χ1) is 6.66. The van der Waals surface area contributed by atoms with Crippen molar-refractivity contribution in [3.05, 3.63) is 34.6 Å². The van der Waals surface area contributed by atoms with Crippen molar-refractivity contribution in [3.8, 4) is 0 Å². The molecule has 14 heavy (non-hydrogen) atoms. The molecule has 1 aliphatic carbocycles. The van der Waals surface area contributed by atoms with Gasteiger partial charge in [0.2, 0.25) is 0 Å². The Hall–Kier alpha value is -0.600.